The number of ketones is 1. The smallest absolute Gasteiger partial charge is 0.195 e. The van der Waals surface area contributed by atoms with Gasteiger partial charge in [-0.25, -0.2) is 8.42 Å². The summed E-state index contributed by atoms with van der Waals surface area (Å²) in [4.78, 5) is 17.5. The number of carbonyl (C=O) groups is 1. The lowest BCUT2D eigenvalue weighted by molar-refractivity contribution is 0.104. The molecule has 0 spiro atoms. The van der Waals surface area contributed by atoms with Crippen molar-refractivity contribution in [3.05, 3.63) is 83.4 Å². The molecule has 2 heterocycles. The first kappa shape index (κ1) is 27.6. The van der Waals surface area contributed by atoms with Gasteiger partial charge in [0, 0.05) is 32.6 Å². The molecule has 7 heteroatoms. The third-order valence-corrected chi connectivity index (χ3v) is 10.5. The first-order chi connectivity index (χ1) is 18.9. The van der Waals surface area contributed by atoms with Crippen LogP contribution < -0.4 is 0 Å². The zero-order chi connectivity index (χ0) is 27.4. The molecule has 39 heavy (non-hydrogen) atoms. The second-order valence-corrected chi connectivity index (χ2v) is 13.5. The van der Waals surface area contributed by atoms with E-state index in [4.69, 9.17) is 0 Å². The molecule has 3 aromatic carbocycles. The Morgan fingerprint density at radius 2 is 1.67 bits per heavy atom. The first-order valence-corrected chi connectivity index (χ1v) is 16.3. The number of benzene rings is 3. The summed E-state index contributed by atoms with van der Waals surface area (Å²) in [7, 11) is -3.34. The summed E-state index contributed by atoms with van der Waals surface area (Å²) >= 11 is 1.43. The Labute approximate surface area is 235 Å². The number of aromatic hydroxyl groups is 1. The van der Waals surface area contributed by atoms with Gasteiger partial charge in [-0.15, -0.1) is 11.3 Å². The number of unbranched alkanes of at least 4 members (excludes halogenated alkanes) is 1. The summed E-state index contributed by atoms with van der Waals surface area (Å²) in [6, 6.07) is 19.8. The fraction of sp³-hybridized carbons (Fsp3) is 0.344. The van der Waals surface area contributed by atoms with Crippen LogP contribution in [-0.2, 0) is 16.3 Å². The van der Waals surface area contributed by atoms with Gasteiger partial charge in [0.1, 0.15) is 5.75 Å². The van der Waals surface area contributed by atoms with E-state index in [1.165, 1.54) is 49.3 Å². The van der Waals surface area contributed by atoms with Gasteiger partial charge < -0.3 is 10.0 Å². The summed E-state index contributed by atoms with van der Waals surface area (Å²) in [5.74, 6) is 0.192. The summed E-state index contributed by atoms with van der Waals surface area (Å²) in [6.07, 6.45) is 6.29. The third kappa shape index (κ3) is 6.26. The number of hydrogen-bond donors (Lipinski definition) is 1. The van der Waals surface area contributed by atoms with Crippen LogP contribution >= 0.6 is 11.3 Å². The molecule has 0 amide bonds. The van der Waals surface area contributed by atoms with E-state index in [-0.39, 0.29) is 17.3 Å². The minimum atomic E-state index is -3.34. The highest BCUT2D eigenvalue weighted by molar-refractivity contribution is 7.91. The van der Waals surface area contributed by atoms with Gasteiger partial charge in [0.05, 0.1) is 10.6 Å². The Balaban J connectivity index is 1.44. The Morgan fingerprint density at radius 1 is 0.949 bits per heavy atom. The SMILES string of the molecule is CCCCS(=O)(=O)c1ccc(-c2sc3cc(O)ccc3c2C(=O)c2ccc(CCN3CCCCC3)cc2)cc1. The van der Waals surface area contributed by atoms with Crippen molar-refractivity contribution < 1.29 is 18.3 Å². The number of thiophene rings is 1. The maximum atomic E-state index is 13.9. The van der Waals surface area contributed by atoms with E-state index in [1.807, 2.05) is 31.2 Å². The molecular formula is C32H35NO4S2. The maximum Gasteiger partial charge on any atom is 0.195 e. The van der Waals surface area contributed by atoms with Crippen molar-refractivity contribution in [2.45, 2.75) is 50.3 Å². The number of nitrogens with zero attached hydrogens (tertiary/aromatic N) is 1. The number of phenolic OH excluding ortho intramolecular Hbond substituents is 1. The molecule has 0 aliphatic carbocycles. The van der Waals surface area contributed by atoms with Crippen LogP contribution in [0.15, 0.2) is 71.6 Å². The molecule has 0 unspecified atom stereocenters. The standard InChI is InChI=1S/C32H35NO4S2/c1-2-3-21-39(36,37)27-14-11-25(12-15-27)32-30(28-16-13-26(34)22-29(28)38-32)31(35)24-9-7-23(8-10-24)17-20-33-18-5-4-6-19-33/h7-16,22,34H,2-6,17-21H2,1H3. The normalized spacial score (nSPS) is 14.6. The number of likely N-dealkylation sites (tertiary alicyclic amines) is 1. The number of hydrogen-bond acceptors (Lipinski definition) is 6. The van der Waals surface area contributed by atoms with E-state index in [9.17, 15) is 18.3 Å². The predicted octanol–water partition coefficient (Wildman–Crippen LogP) is 7.11. The predicted molar refractivity (Wildman–Crippen MR) is 160 cm³/mol. The van der Waals surface area contributed by atoms with Crippen LogP contribution in [-0.4, -0.2) is 49.6 Å². The number of fused-ring (bicyclic) bond motifs is 1. The molecule has 0 radical (unpaired) electrons. The van der Waals surface area contributed by atoms with Gasteiger partial charge in [0.15, 0.2) is 15.6 Å². The lowest BCUT2D eigenvalue weighted by Gasteiger charge is -2.26. The molecule has 1 aliphatic rings. The van der Waals surface area contributed by atoms with E-state index in [0.717, 1.165) is 39.9 Å². The summed E-state index contributed by atoms with van der Waals surface area (Å²) in [5, 5.41) is 10.9. The Morgan fingerprint density at radius 3 is 2.36 bits per heavy atom. The van der Waals surface area contributed by atoms with Crippen molar-refractivity contribution in [2.75, 3.05) is 25.4 Å². The zero-order valence-electron chi connectivity index (χ0n) is 22.4. The number of sulfone groups is 1. The monoisotopic (exact) mass is 561 g/mol. The van der Waals surface area contributed by atoms with Crippen molar-refractivity contribution in [3.63, 3.8) is 0 Å². The molecule has 0 bridgehead atoms. The fourth-order valence-corrected chi connectivity index (χ4v) is 7.91. The van der Waals surface area contributed by atoms with Crippen LogP contribution in [0.5, 0.6) is 5.75 Å². The minimum Gasteiger partial charge on any atom is -0.508 e. The largest absolute Gasteiger partial charge is 0.508 e. The first-order valence-electron chi connectivity index (χ1n) is 13.8. The average molecular weight is 562 g/mol. The number of rotatable bonds is 10. The molecule has 1 aromatic heterocycles. The van der Waals surface area contributed by atoms with Crippen LogP contribution in [0.4, 0.5) is 0 Å². The quantitative estimate of drug-likeness (QED) is 0.209. The van der Waals surface area contributed by atoms with Crippen molar-refractivity contribution >= 4 is 37.0 Å². The third-order valence-electron chi connectivity index (χ3n) is 7.52. The van der Waals surface area contributed by atoms with E-state index in [0.29, 0.717) is 22.4 Å². The van der Waals surface area contributed by atoms with E-state index >= 15 is 0 Å². The van der Waals surface area contributed by atoms with Gasteiger partial charge in [0.25, 0.3) is 0 Å². The molecule has 0 saturated carbocycles. The van der Waals surface area contributed by atoms with Crippen molar-refractivity contribution in [3.8, 4) is 16.2 Å². The van der Waals surface area contributed by atoms with Crippen LogP contribution in [0.2, 0.25) is 0 Å². The fourth-order valence-electron chi connectivity index (χ4n) is 5.22. The highest BCUT2D eigenvalue weighted by atomic mass is 32.2. The molecule has 0 atom stereocenters. The Kier molecular flexibility index (Phi) is 8.50. The summed E-state index contributed by atoms with van der Waals surface area (Å²) in [5.41, 5.74) is 3.20. The summed E-state index contributed by atoms with van der Waals surface area (Å²) in [6.45, 7) is 5.36. The second kappa shape index (κ2) is 12.0. The number of phenols is 1. The number of piperidine rings is 1. The highest BCUT2D eigenvalue weighted by Crippen LogP contribution is 2.41. The van der Waals surface area contributed by atoms with Crippen molar-refractivity contribution in [1.29, 1.82) is 0 Å². The lowest BCUT2D eigenvalue weighted by Crippen LogP contribution is -2.31. The molecule has 1 N–H and O–H groups in total. The van der Waals surface area contributed by atoms with Crippen LogP contribution in [0.1, 0.15) is 60.5 Å². The molecule has 1 aliphatic heterocycles. The van der Waals surface area contributed by atoms with Crippen LogP contribution in [0.25, 0.3) is 20.5 Å². The van der Waals surface area contributed by atoms with Gasteiger partial charge >= 0.3 is 0 Å². The second-order valence-electron chi connectivity index (χ2n) is 10.4. The van der Waals surface area contributed by atoms with Crippen LogP contribution in [0, 0.1) is 0 Å². The lowest BCUT2D eigenvalue weighted by atomic mass is 9.96. The average Bonchev–Trinajstić information content (AvgIpc) is 3.34. The Hall–Kier alpha value is -3.00. The van der Waals surface area contributed by atoms with Gasteiger partial charge in [-0.05, 0) is 80.2 Å². The van der Waals surface area contributed by atoms with E-state index in [2.05, 4.69) is 4.90 Å². The van der Waals surface area contributed by atoms with E-state index < -0.39 is 9.84 Å². The molecule has 1 saturated heterocycles. The maximum absolute atomic E-state index is 13.9. The van der Waals surface area contributed by atoms with Gasteiger partial charge in [-0.2, -0.15) is 0 Å². The molecular weight excluding hydrogens is 526 g/mol. The molecule has 5 rings (SSSR count). The zero-order valence-corrected chi connectivity index (χ0v) is 24.0. The Bertz CT molecular complexity index is 1550. The topological polar surface area (TPSA) is 74.7 Å². The van der Waals surface area contributed by atoms with Crippen LogP contribution in [0.3, 0.4) is 0 Å². The molecule has 204 valence electrons. The number of carbonyl (C=O) groups excluding carboxylic acids is 1. The highest BCUT2D eigenvalue weighted by Gasteiger charge is 2.23. The van der Waals surface area contributed by atoms with Gasteiger partial charge in [0.2, 0.25) is 0 Å². The molecule has 1 fully saturated rings. The minimum absolute atomic E-state index is 0.0795. The van der Waals surface area contributed by atoms with Gasteiger partial charge in [-0.1, -0.05) is 56.2 Å². The van der Waals surface area contributed by atoms with Gasteiger partial charge in [-0.3, -0.25) is 4.79 Å². The molecule has 4 aromatic rings. The van der Waals surface area contributed by atoms with E-state index in [1.54, 1.807) is 42.5 Å². The molecule has 5 nitrogen and oxygen atoms in total. The van der Waals surface area contributed by atoms with Crippen molar-refractivity contribution in [2.24, 2.45) is 0 Å². The van der Waals surface area contributed by atoms with Crippen molar-refractivity contribution in [1.82, 2.24) is 4.90 Å². The summed E-state index contributed by atoms with van der Waals surface area (Å²) < 4.78 is 26.1.